The Morgan fingerprint density at radius 3 is 2.48 bits per heavy atom. The average Bonchev–Trinajstić information content (AvgIpc) is 2.67. The van der Waals surface area contributed by atoms with E-state index in [1.165, 1.54) is 19.1 Å². The standard InChI is InChI=1S/C20H19N3O5S/c1-13(19(24)22-17-11-5-10-16-14(17)8-6-12-21-16)28-20(25)15-7-3-4-9-18(15)23-29(2,26)27/h3-13,23H,1-2H3,(H,22,24). The predicted molar refractivity (Wildman–Crippen MR) is 110 cm³/mol. The SMILES string of the molecule is CC(OC(=O)c1ccccc1NS(C)(=O)=O)C(=O)Nc1cccc2ncccc12. The number of aromatic nitrogens is 1. The van der Waals surface area contributed by atoms with E-state index >= 15 is 0 Å². The van der Waals surface area contributed by atoms with Crippen LogP contribution in [0.2, 0.25) is 0 Å². The summed E-state index contributed by atoms with van der Waals surface area (Å²) in [5.41, 5.74) is 1.35. The third-order valence-corrected chi connectivity index (χ3v) is 4.59. The molecule has 1 heterocycles. The molecule has 0 bridgehead atoms. The Morgan fingerprint density at radius 1 is 1.00 bits per heavy atom. The summed E-state index contributed by atoms with van der Waals surface area (Å²) in [6.07, 6.45) is 1.52. The fourth-order valence-corrected chi connectivity index (χ4v) is 3.25. The van der Waals surface area contributed by atoms with E-state index in [0.29, 0.717) is 5.69 Å². The van der Waals surface area contributed by atoms with E-state index in [4.69, 9.17) is 4.74 Å². The van der Waals surface area contributed by atoms with Crippen molar-refractivity contribution in [3.05, 3.63) is 66.4 Å². The Balaban J connectivity index is 1.74. The lowest BCUT2D eigenvalue weighted by Gasteiger charge is -2.16. The number of nitrogens with zero attached hydrogens (tertiary/aromatic N) is 1. The van der Waals surface area contributed by atoms with Gasteiger partial charge in [-0.25, -0.2) is 13.2 Å². The summed E-state index contributed by atoms with van der Waals surface area (Å²) in [5.74, 6) is -1.35. The number of hydrogen-bond acceptors (Lipinski definition) is 6. The molecule has 8 nitrogen and oxygen atoms in total. The average molecular weight is 413 g/mol. The number of nitrogens with one attached hydrogen (secondary N) is 2. The minimum Gasteiger partial charge on any atom is -0.449 e. The Hall–Kier alpha value is -3.46. The Morgan fingerprint density at radius 2 is 1.72 bits per heavy atom. The molecule has 0 radical (unpaired) electrons. The van der Waals surface area contributed by atoms with Crippen LogP contribution in [-0.2, 0) is 19.6 Å². The number of pyridine rings is 1. The molecule has 1 amide bonds. The van der Waals surface area contributed by atoms with E-state index in [-0.39, 0.29) is 11.3 Å². The highest BCUT2D eigenvalue weighted by molar-refractivity contribution is 7.92. The van der Waals surface area contributed by atoms with Gasteiger partial charge in [0.1, 0.15) is 0 Å². The maximum atomic E-state index is 12.5. The van der Waals surface area contributed by atoms with Crippen molar-refractivity contribution < 1.29 is 22.7 Å². The highest BCUT2D eigenvalue weighted by Crippen LogP contribution is 2.22. The van der Waals surface area contributed by atoms with Crippen molar-refractivity contribution >= 4 is 44.2 Å². The van der Waals surface area contributed by atoms with Crippen LogP contribution in [0.4, 0.5) is 11.4 Å². The molecule has 0 aliphatic rings. The number of carbonyl (C=O) groups excluding carboxylic acids is 2. The van der Waals surface area contributed by atoms with Crippen LogP contribution in [0.3, 0.4) is 0 Å². The van der Waals surface area contributed by atoms with Crippen molar-refractivity contribution in [3.63, 3.8) is 0 Å². The number of sulfonamides is 1. The van der Waals surface area contributed by atoms with Crippen molar-refractivity contribution in [1.29, 1.82) is 0 Å². The summed E-state index contributed by atoms with van der Waals surface area (Å²) in [5, 5.41) is 3.48. The maximum Gasteiger partial charge on any atom is 0.341 e. The van der Waals surface area contributed by atoms with Gasteiger partial charge in [0.15, 0.2) is 6.10 Å². The van der Waals surface area contributed by atoms with Crippen LogP contribution in [0.1, 0.15) is 17.3 Å². The molecule has 2 aromatic carbocycles. The lowest BCUT2D eigenvalue weighted by atomic mass is 10.1. The molecular formula is C20H19N3O5S. The van der Waals surface area contributed by atoms with Crippen molar-refractivity contribution in [2.75, 3.05) is 16.3 Å². The van der Waals surface area contributed by atoms with Gasteiger partial charge in [0.25, 0.3) is 5.91 Å². The minimum atomic E-state index is -3.58. The molecule has 0 spiro atoms. The molecule has 1 aromatic heterocycles. The minimum absolute atomic E-state index is 0.00642. The number of amides is 1. The van der Waals surface area contributed by atoms with Crippen molar-refractivity contribution in [1.82, 2.24) is 4.98 Å². The number of para-hydroxylation sites is 1. The van der Waals surface area contributed by atoms with Gasteiger partial charge in [0.2, 0.25) is 10.0 Å². The zero-order valence-corrected chi connectivity index (χ0v) is 16.6. The second kappa shape index (κ2) is 8.27. The van der Waals surface area contributed by atoms with Crippen LogP contribution >= 0.6 is 0 Å². The van der Waals surface area contributed by atoms with Gasteiger partial charge >= 0.3 is 5.97 Å². The zero-order chi connectivity index (χ0) is 21.0. The molecule has 0 aliphatic heterocycles. The van der Waals surface area contributed by atoms with Crippen LogP contribution in [0.15, 0.2) is 60.8 Å². The molecule has 0 saturated heterocycles. The highest BCUT2D eigenvalue weighted by Gasteiger charge is 2.22. The quantitative estimate of drug-likeness (QED) is 0.601. The van der Waals surface area contributed by atoms with E-state index in [1.54, 1.807) is 36.5 Å². The van der Waals surface area contributed by atoms with Crippen molar-refractivity contribution in [2.45, 2.75) is 13.0 Å². The van der Waals surface area contributed by atoms with Crippen LogP contribution < -0.4 is 10.0 Å². The number of rotatable bonds is 6. The molecular weight excluding hydrogens is 394 g/mol. The Kier molecular flexibility index (Phi) is 5.79. The van der Waals surface area contributed by atoms with Crippen LogP contribution in [0.25, 0.3) is 10.9 Å². The number of anilines is 2. The third-order valence-electron chi connectivity index (χ3n) is 4.00. The first-order valence-corrected chi connectivity index (χ1v) is 10.6. The van der Waals surface area contributed by atoms with Gasteiger partial charge < -0.3 is 10.1 Å². The molecule has 1 unspecified atom stereocenters. The summed E-state index contributed by atoms with van der Waals surface area (Å²) in [4.78, 5) is 29.2. The number of hydrogen-bond donors (Lipinski definition) is 2. The predicted octanol–water partition coefficient (Wildman–Crippen LogP) is 2.79. The second-order valence-electron chi connectivity index (χ2n) is 6.33. The molecule has 0 fully saturated rings. The summed E-state index contributed by atoms with van der Waals surface area (Å²) in [7, 11) is -3.58. The molecule has 1 atom stereocenters. The third kappa shape index (κ3) is 5.08. The monoisotopic (exact) mass is 413 g/mol. The van der Waals surface area contributed by atoms with Crippen molar-refractivity contribution in [2.24, 2.45) is 0 Å². The van der Waals surface area contributed by atoms with E-state index in [2.05, 4.69) is 15.0 Å². The second-order valence-corrected chi connectivity index (χ2v) is 8.08. The molecule has 150 valence electrons. The number of esters is 1. The van der Waals surface area contributed by atoms with E-state index in [0.717, 1.165) is 17.2 Å². The molecule has 9 heteroatoms. The van der Waals surface area contributed by atoms with Gasteiger partial charge in [-0.05, 0) is 43.3 Å². The molecule has 0 saturated carbocycles. The molecule has 29 heavy (non-hydrogen) atoms. The Bertz CT molecular complexity index is 1170. The summed E-state index contributed by atoms with van der Waals surface area (Å²) < 4.78 is 30.5. The van der Waals surface area contributed by atoms with Crippen LogP contribution in [0, 0.1) is 0 Å². The molecule has 0 aliphatic carbocycles. The normalized spacial score (nSPS) is 12.2. The van der Waals surface area contributed by atoms with Crippen LogP contribution in [0.5, 0.6) is 0 Å². The van der Waals surface area contributed by atoms with Gasteiger partial charge in [-0.15, -0.1) is 0 Å². The number of carbonyl (C=O) groups is 2. The van der Waals surface area contributed by atoms with Crippen molar-refractivity contribution in [3.8, 4) is 0 Å². The maximum absolute atomic E-state index is 12.5. The highest BCUT2D eigenvalue weighted by atomic mass is 32.2. The molecule has 3 rings (SSSR count). The van der Waals surface area contributed by atoms with Gasteiger partial charge in [-0.1, -0.05) is 18.2 Å². The van der Waals surface area contributed by atoms with E-state index in [9.17, 15) is 18.0 Å². The fourth-order valence-electron chi connectivity index (χ4n) is 2.67. The lowest BCUT2D eigenvalue weighted by Crippen LogP contribution is -2.30. The Labute approximate surface area is 168 Å². The lowest BCUT2D eigenvalue weighted by molar-refractivity contribution is -0.123. The number of benzene rings is 2. The van der Waals surface area contributed by atoms with Gasteiger partial charge in [0.05, 0.1) is 28.7 Å². The molecule has 2 N–H and O–H groups in total. The van der Waals surface area contributed by atoms with Gasteiger partial charge in [0, 0.05) is 11.6 Å². The van der Waals surface area contributed by atoms with Gasteiger partial charge in [-0.2, -0.15) is 0 Å². The topological polar surface area (TPSA) is 114 Å². The number of fused-ring (bicyclic) bond motifs is 1. The first-order valence-electron chi connectivity index (χ1n) is 8.67. The zero-order valence-electron chi connectivity index (χ0n) is 15.7. The van der Waals surface area contributed by atoms with Gasteiger partial charge in [-0.3, -0.25) is 14.5 Å². The first kappa shape index (κ1) is 20.3. The van der Waals surface area contributed by atoms with Crippen LogP contribution in [-0.4, -0.2) is 37.6 Å². The summed E-state index contributed by atoms with van der Waals surface area (Å²) in [6, 6.07) is 14.9. The fraction of sp³-hybridized carbons (Fsp3) is 0.150. The summed E-state index contributed by atoms with van der Waals surface area (Å²) >= 11 is 0. The smallest absolute Gasteiger partial charge is 0.341 e. The molecule has 3 aromatic rings. The summed E-state index contributed by atoms with van der Waals surface area (Å²) in [6.45, 7) is 1.43. The first-order chi connectivity index (χ1) is 13.7. The van der Waals surface area contributed by atoms with E-state index < -0.39 is 28.0 Å². The largest absolute Gasteiger partial charge is 0.449 e. The number of ether oxygens (including phenoxy) is 1. The van der Waals surface area contributed by atoms with E-state index in [1.807, 2.05) is 12.1 Å².